The van der Waals surface area contributed by atoms with E-state index in [4.69, 9.17) is 9.47 Å². The third-order valence-corrected chi connectivity index (χ3v) is 2.47. The second-order valence-corrected chi connectivity index (χ2v) is 4.34. The zero-order chi connectivity index (χ0) is 13.8. The molecule has 0 saturated carbocycles. The van der Waals surface area contributed by atoms with Gasteiger partial charge in [-0.3, -0.25) is 9.59 Å². The molecule has 1 atom stereocenters. The van der Waals surface area contributed by atoms with Crippen molar-refractivity contribution in [3.05, 3.63) is 12.8 Å². The number of ketones is 1. The molecular formula is C14H24O4. The van der Waals surface area contributed by atoms with Crippen molar-refractivity contribution in [2.24, 2.45) is 0 Å². The van der Waals surface area contributed by atoms with Gasteiger partial charge in [-0.25, -0.2) is 0 Å². The summed E-state index contributed by atoms with van der Waals surface area (Å²) in [6.07, 6.45) is 6.09. The van der Waals surface area contributed by atoms with E-state index in [1.807, 2.05) is 0 Å². The van der Waals surface area contributed by atoms with Crippen molar-refractivity contribution in [1.82, 2.24) is 0 Å². The highest BCUT2D eigenvalue weighted by molar-refractivity contribution is 5.94. The fourth-order valence-electron chi connectivity index (χ4n) is 1.58. The normalized spacial score (nSPS) is 11.7. The van der Waals surface area contributed by atoms with E-state index in [-0.39, 0.29) is 18.3 Å². The van der Waals surface area contributed by atoms with Crippen molar-refractivity contribution >= 4 is 11.8 Å². The van der Waals surface area contributed by atoms with Crippen LogP contribution < -0.4 is 0 Å². The van der Waals surface area contributed by atoms with Crippen LogP contribution in [0.4, 0.5) is 0 Å². The van der Waals surface area contributed by atoms with Gasteiger partial charge >= 0.3 is 5.97 Å². The van der Waals surface area contributed by atoms with Gasteiger partial charge in [0.05, 0.1) is 6.26 Å². The van der Waals surface area contributed by atoms with Crippen LogP contribution in [0, 0.1) is 0 Å². The van der Waals surface area contributed by atoms with Gasteiger partial charge in [0.1, 0.15) is 24.9 Å². The second-order valence-electron chi connectivity index (χ2n) is 4.34. The quantitative estimate of drug-likeness (QED) is 0.247. The van der Waals surface area contributed by atoms with Crippen molar-refractivity contribution in [3.63, 3.8) is 0 Å². The molecule has 0 aliphatic carbocycles. The molecule has 0 amide bonds. The lowest BCUT2D eigenvalue weighted by Crippen LogP contribution is -2.24. The molecule has 0 aromatic carbocycles. The lowest BCUT2D eigenvalue weighted by atomic mass is 10.1. The first-order chi connectivity index (χ1) is 8.60. The molecule has 0 aromatic rings. The predicted molar refractivity (Wildman–Crippen MR) is 70.1 cm³/mol. The zero-order valence-electron chi connectivity index (χ0n) is 11.4. The summed E-state index contributed by atoms with van der Waals surface area (Å²) in [5.41, 5.74) is 0. The molecule has 104 valence electrons. The monoisotopic (exact) mass is 256 g/mol. The number of carbonyl (C=O) groups excluding carboxylic acids is 2. The number of Topliss-reactive ketones (excluding diaryl/α,β-unsaturated/α-hetero) is 1. The van der Waals surface area contributed by atoms with E-state index < -0.39 is 5.97 Å². The fraction of sp³-hybridized carbons (Fsp3) is 0.714. The van der Waals surface area contributed by atoms with Crippen LogP contribution in [-0.2, 0) is 19.1 Å². The number of esters is 1. The molecule has 0 aliphatic heterocycles. The zero-order valence-corrected chi connectivity index (χ0v) is 11.4. The molecular weight excluding hydrogens is 232 g/mol. The Labute approximate surface area is 109 Å². The van der Waals surface area contributed by atoms with Crippen molar-refractivity contribution < 1.29 is 19.1 Å². The van der Waals surface area contributed by atoms with E-state index in [1.54, 1.807) is 0 Å². The molecule has 0 spiro atoms. The van der Waals surface area contributed by atoms with Crippen LogP contribution in [0.25, 0.3) is 0 Å². The molecule has 0 rings (SSSR count). The largest absolute Gasteiger partial charge is 0.498 e. The van der Waals surface area contributed by atoms with Gasteiger partial charge < -0.3 is 9.47 Å². The summed E-state index contributed by atoms with van der Waals surface area (Å²) in [6, 6.07) is 0. The molecule has 0 radical (unpaired) electrons. The first-order valence-corrected chi connectivity index (χ1v) is 6.51. The van der Waals surface area contributed by atoms with E-state index >= 15 is 0 Å². The van der Waals surface area contributed by atoms with E-state index in [1.165, 1.54) is 19.6 Å². The number of ether oxygens (including phenoxy) is 2. The van der Waals surface area contributed by atoms with E-state index in [0.717, 1.165) is 25.7 Å². The summed E-state index contributed by atoms with van der Waals surface area (Å²) in [5.74, 6) is -0.662. The summed E-state index contributed by atoms with van der Waals surface area (Å²) < 4.78 is 10.3. The molecule has 0 aromatic heterocycles. The van der Waals surface area contributed by atoms with Crippen LogP contribution in [-0.4, -0.2) is 24.5 Å². The van der Waals surface area contributed by atoms with Crippen LogP contribution in [0.5, 0.6) is 0 Å². The molecule has 0 aliphatic rings. The van der Waals surface area contributed by atoms with Gasteiger partial charge in [-0.15, -0.1) is 0 Å². The minimum Gasteiger partial charge on any atom is -0.498 e. The van der Waals surface area contributed by atoms with Crippen LogP contribution in [0.1, 0.15) is 52.4 Å². The number of hydrogen-bond donors (Lipinski definition) is 0. The number of rotatable bonds is 11. The summed E-state index contributed by atoms with van der Waals surface area (Å²) >= 11 is 0. The molecule has 18 heavy (non-hydrogen) atoms. The Hall–Kier alpha value is -1.32. The maximum atomic E-state index is 11.4. The average Bonchev–Trinajstić information content (AvgIpc) is 2.30. The number of hydrogen-bond acceptors (Lipinski definition) is 4. The Morgan fingerprint density at radius 3 is 2.56 bits per heavy atom. The Morgan fingerprint density at radius 1 is 1.28 bits per heavy atom. The lowest BCUT2D eigenvalue weighted by molar-refractivity contribution is -0.153. The van der Waals surface area contributed by atoms with Gasteiger partial charge in [-0.2, -0.15) is 0 Å². The summed E-state index contributed by atoms with van der Waals surface area (Å²) in [6.45, 7) is 7.27. The van der Waals surface area contributed by atoms with E-state index in [0.29, 0.717) is 6.61 Å². The van der Waals surface area contributed by atoms with Crippen LogP contribution >= 0.6 is 0 Å². The Bertz CT molecular complexity index is 261. The third kappa shape index (κ3) is 9.87. The first kappa shape index (κ1) is 16.7. The molecule has 0 N–H and O–H groups in total. The number of carbonyl (C=O) groups is 2. The summed E-state index contributed by atoms with van der Waals surface area (Å²) in [4.78, 5) is 22.2. The van der Waals surface area contributed by atoms with E-state index in [9.17, 15) is 9.59 Å². The maximum absolute atomic E-state index is 11.4. The first-order valence-electron chi connectivity index (χ1n) is 6.51. The predicted octanol–water partition coefficient (Wildman–Crippen LogP) is 3.01. The minimum absolute atomic E-state index is 0.167. The Morgan fingerprint density at radius 2 is 2.00 bits per heavy atom. The van der Waals surface area contributed by atoms with Gasteiger partial charge in [0, 0.05) is 0 Å². The van der Waals surface area contributed by atoms with Crippen molar-refractivity contribution in [1.29, 1.82) is 0 Å². The topological polar surface area (TPSA) is 52.6 Å². The van der Waals surface area contributed by atoms with E-state index in [2.05, 4.69) is 13.5 Å². The molecule has 0 saturated heterocycles. The lowest BCUT2D eigenvalue weighted by Gasteiger charge is -2.17. The molecule has 0 fully saturated rings. The SMILES string of the molecule is C=COCC(CCCCCC)OC(=O)CC(C)=O. The highest BCUT2D eigenvalue weighted by Gasteiger charge is 2.15. The molecule has 4 heteroatoms. The molecule has 4 nitrogen and oxygen atoms in total. The minimum atomic E-state index is -0.476. The van der Waals surface area contributed by atoms with Crippen LogP contribution in [0.3, 0.4) is 0 Å². The third-order valence-electron chi connectivity index (χ3n) is 2.47. The van der Waals surface area contributed by atoms with Crippen molar-refractivity contribution in [3.8, 4) is 0 Å². The summed E-state index contributed by atoms with van der Waals surface area (Å²) in [7, 11) is 0. The van der Waals surface area contributed by atoms with Crippen molar-refractivity contribution in [2.75, 3.05) is 6.61 Å². The Balaban J connectivity index is 4.00. The highest BCUT2D eigenvalue weighted by Crippen LogP contribution is 2.10. The van der Waals surface area contributed by atoms with Gasteiger partial charge in [0.2, 0.25) is 0 Å². The van der Waals surface area contributed by atoms with Gasteiger partial charge in [0.25, 0.3) is 0 Å². The van der Waals surface area contributed by atoms with Gasteiger partial charge in [0.15, 0.2) is 0 Å². The highest BCUT2D eigenvalue weighted by atomic mass is 16.6. The smallest absolute Gasteiger partial charge is 0.313 e. The standard InChI is InChI=1S/C14H24O4/c1-4-6-7-8-9-13(11-17-5-2)18-14(16)10-12(3)15/h5,13H,2,4,6-11H2,1,3H3. The van der Waals surface area contributed by atoms with Gasteiger partial charge in [-0.1, -0.05) is 32.8 Å². The van der Waals surface area contributed by atoms with Crippen LogP contribution in [0.15, 0.2) is 12.8 Å². The summed E-state index contributed by atoms with van der Waals surface area (Å²) in [5, 5.41) is 0. The molecule has 0 heterocycles. The maximum Gasteiger partial charge on any atom is 0.313 e. The van der Waals surface area contributed by atoms with Gasteiger partial charge in [-0.05, 0) is 19.8 Å². The average molecular weight is 256 g/mol. The van der Waals surface area contributed by atoms with Crippen LogP contribution in [0.2, 0.25) is 0 Å². The van der Waals surface area contributed by atoms with Crippen molar-refractivity contribution in [2.45, 2.75) is 58.5 Å². The number of unbranched alkanes of at least 4 members (excludes halogenated alkanes) is 3. The second kappa shape index (κ2) is 10.8. The molecule has 1 unspecified atom stereocenters. The Kier molecular flexibility index (Phi) is 10.0. The molecule has 0 bridgehead atoms. The fourth-order valence-corrected chi connectivity index (χ4v) is 1.58.